The highest BCUT2D eigenvalue weighted by Crippen LogP contribution is 2.27. The Morgan fingerprint density at radius 2 is 1.82 bits per heavy atom. The summed E-state index contributed by atoms with van der Waals surface area (Å²) in [7, 11) is -3.66. The number of sulfonamides is 1. The van der Waals surface area contributed by atoms with Gasteiger partial charge in [0.2, 0.25) is 15.9 Å². The van der Waals surface area contributed by atoms with Crippen LogP contribution in [0.2, 0.25) is 0 Å². The monoisotopic (exact) mass is 470 g/mol. The second-order valence-electron chi connectivity index (χ2n) is 8.75. The first-order valence-corrected chi connectivity index (χ1v) is 12.7. The van der Waals surface area contributed by atoms with Crippen molar-refractivity contribution in [2.75, 3.05) is 0 Å². The molecule has 4 rings (SSSR count). The fourth-order valence-electron chi connectivity index (χ4n) is 4.40. The molecule has 175 valence electrons. The Kier molecular flexibility index (Phi) is 6.86. The molecule has 0 spiro atoms. The number of carbonyl (C=O) groups is 1. The molecule has 6 nitrogen and oxygen atoms in total. The van der Waals surface area contributed by atoms with Crippen molar-refractivity contribution in [2.45, 2.75) is 56.0 Å². The lowest BCUT2D eigenvalue weighted by molar-refractivity contribution is -0.126. The summed E-state index contributed by atoms with van der Waals surface area (Å²) >= 11 is 0. The molecule has 2 aromatic carbocycles. The van der Waals surface area contributed by atoms with Gasteiger partial charge in [0.15, 0.2) is 0 Å². The van der Waals surface area contributed by atoms with Crippen LogP contribution >= 0.6 is 0 Å². The highest BCUT2D eigenvalue weighted by Gasteiger charge is 2.30. The largest absolute Gasteiger partial charge is 0.358 e. The van der Waals surface area contributed by atoms with Gasteiger partial charge in [0.25, 0.3) is 0 Å². The number of hydrogen-bond acceptors (Lipinski definition) is 3. The third-order valence-corrected chi connectivity index (χ3v) is 7.90. The van der Waals surface area contributed by atoms with Crippen molar-refractivity contribution in [3.8, 4) is 0 Å². The molecule has 0 aliphatic heterocycles. The number of H-pyrrole nitrogens is 1. The normalized spacial score (nSPS) is 20.0. The zero-order valence-corrected chi connectivity index (χ0v) is 19.4. The third kappa shape index (κ3) is 5.45. The van der Waals surface area contributed by atoms with E-state index in [0.29, 0.717) is 32.1 Å². The van der Waals surface area contributed by atoms with Crippen LogP contribution in [0.5, 0.6) is 0 Å². The molecule has 1 radical (unpaired) electrons. The van der Waals surface area contributed by atoms with Crippen molar-refractivity contribution >= 4 is 26.8 Å². The van der Waals surface area contributed by atoms with Gasteiger partial charge in [-0.1, -0.05) is 18.2 Å². The summed E-state index contributed by atoms with van der Waals surface area (Å²) in [4.78, 5) is 16.1. The third-order valence-electron chi connectivity index (χ3n) is 6.38. The van der Waals surface area contributed by atoms with Gasteiger partial charge in [0.05, 0.1) is 10.9 Å². The van der Waals surface area contributed by atoms with Gasteiger partial charge in [0.1, 0.15) is 5.82 Å². The summed E-state index contributed by atoms with van der Waals surface area (Å²) in [6.45, 7) is 5.72. The summed E-state index contributed by atoms with van der Waals surface area (Å²) in [6.07, 6.45) is 3.02. The molecule has 1 aliphatic carbocycles. The molecule has 3 N–H and O–H groups in total. The second kappa shape index (κ2) is 9.65. The molecule has 1 heterocycles. The second-order valence-corrected chi connectivity index (χ2v) is 10.5. The molecule has 1 aliphatic rings. The SMILES string of the molecule is [CH2]Cc1cc2ccc(S(=O)(=O)N[C@H]3CC[C@H](C(=O)N[C@H](C)c4ccc(F)cc4)CC3)cc2[nH]1. The Balaban J connectivity index is 1.32. The number of rotatable bonds is 7. The Bertz CT molecular complexity index is 1230. The lowest BCUT2D eigenvalue weighted by Crippen LogP contribution is -2.41. The molecule has 0 unspecified atom stereocenters. The van der Waals surface area contributed by atoms with E-state index < -0.39 is 10.0 Å². The average Bonchev–Trinajstić information content (AvgIpc) is 3.22. The summed E-state index contributed by atoms with van der Waals surface area (Å²) in [5, 5.41) is 3.94. The molecule has 1 atom stereocenters. The van der Waals surface area contributed by atoms with Crippen molar-refractivity contribution in [3.63, 3.8) is 0 Å². The fourth-order valence-corrected chi connectivity index (χ4v) is 5.73. The molecule has 1 fully saturated rings. The van der Waals surface area contributed by atoms with E-state index in [0.717, 1.165) is 22.2 Å². The summed E-state index contributed by atoms with van der Waals surface area (Å²) in [5.74, 6) is -0.523. The van der Waals surface area contributed by atoms with E-state index in [1.807, 2.05) is 13.0 Å². The number of aromatic nitrogens is 1. The lowest BCUT2D eigenvalue weighted by Gasteiger charge is -2.29. The number of hydrogen-bond donors (Lipinski definition) is 3. The molecular formula is C25H29FN3O3S. The number of nitrogens with one attached hydrogen (secondary N) is 3. The Morgan fingerprint density at radius 3 is 2.48 bits per heavy atom. The zero-order valence-electron chi connectivity index (χ0n) is 18.6. The van der Waals surface area contributed by atoms with Gasteiger partial charge >= 0.3 is 0 Å². The van der Waals surface area contributed by atoms with E-state index in [4.69, 9.17) is 0 Å². The average molecular weight is 471 g/mol. The van der Waals surface area contributed by atoms with Gasteiger partial charge < -0.3 is 10.3 Å². The van der Waals surface area contributed by atoms with E-state index in [1.54, 1.807) is 30.3 Å². The molecule has 0 bridgehead atoms. The highest BCUT2D eigenvalue weighted by molar-refractivity contribution is 7.89. The fraction of sp³-hybridized carbons (Fsp3) is 0.360. The lowest BCUT2D eigenvalue weighted by atomic mass is 9.85. The van der Waals surface area contributed by atoms with Crippen molar-refractivity contribution in [3.05, 3.63) is 72.5 Å². The minimum Gasteiger partial charge on any atom is -0.358 e. The van der Waals surface area contributed by atoms with Crippen LogP contribution in [0, 0.1) is 18.7 Å². The molecule has 3 aromatic rings. The quantitative estimate of drug-likeness (QED) is 0.478. The van der Waals surface area contributed by atoms with Crippen LogP contribution in [0.25, 0.3) is 10.9 Å². The van der Waals surface area contributed by atoms with Crippen LogP contribution in [0.1, 0.15) is 49.9 Å². The number of benzene rings is 2. The van der Waals surface area contributed by atoms with Gasteiger partial charge in [-0.15, -0.1) is 0 Å². The van der Waals surface area contributed by atoms with Gasteiger partial charge in [0, 0.05) is 23.2 Å². The first-order valence-electron chi connectivity index (χ1n) is 11.2. The zero-order chi connectivity index (χ0) is 23.6. The van der Waals surface area contributed by atoms with Crippen molar-refractivity contribution in [2.24, 2.45) is 5.92 Å². The number of amides is 1. The number of fused-ring (bicyclic) bond motifs is 1. The van der Waals surface area contributed by atoms with E-state index in [9.17, 15) is 17.6 Å². The topological polar surface area (TPSA) is 91.1 Å². The maximum atomic E-state index is 13.1. The van der Waals surface area contributed by atoms with E-state index in [-0.39, 0.29) is 34.6 Å². The van der Waals surface area contributed by atoms with Crippen molar-refractivity contribution in [1.82, 2.24) is 15.0 Å². The van der Waals surface area contributed by atoms with Crippen molar-refractivity contribution < 1.29 is 17.6 Å². The van der Waals surface area contributed by atoms with Crippen LogP contribution in [0.4, 0.5) is 4.39 Å². The predicted molar refractivity (Wildman–Crippen MR) is 126 cm³/mol. The number of halogens is 1. The summed E-state index contributed by atoms with van der Waals surface area (Å²) in [5.41, 5.74) is 2.57. The van der Waals surface area contributed by atoms with Gasteiger partial charge in [-0.2, -0.15) is 0 Å². The first kappa shape index (κ1) is 23.4. The molecule has 1 saturated carbocycles. The molecular weight excluding hydrogens is 441 g/mol. The van der Waals surface area contributed by atoms with Crippen LogP contribution in [0.3, 0.4) is 0 Å². The molecule has 8 heteroatoms. The molecule has 1 amide bonds. The highest BCUT2D eigenvalue weighted by atomic mass is 32.2. The number of aromatic amines is 1. The summed E-state index contributed by atoms with van der Waals surface area (Å²) < 4.78 is 41.8. The molecule has 1 aromatic heterocycles. The van der Waals surface area contributed by atoms with Crippen LogP contribution < -0.4 is 10.0 Å². The van der Waals surface area contributed by atoms with E-state index >= 15 is 0 Å². The molecule has 0 saturated heterocycles. The van der Waals surface area contributed by atoms with E-state index in [2.05, 4.69) is 21.9 Å². The maximum absolute atomic E-state index is 13.1. The number of carbonyl (C=O) groups excluding carboxylic acids is 1. The van der Waals surface area contributed by atoms with Gasteiger partial charge in [-0.05, 0) is 87.2 Å². The summed E-state index contributed by atoms with van der Waals surface area (Å²) in [6, 6.07) is 12.7. The van der Waals surface area contributed by atoms with Crippen LogP contribution in [0.15, 0.2) is 53.4 Å². The predicted octanol–water partition coefficient (Wildman–Crippen LogP) is 4.40. The Labute approximate surface area is 194 Å². The van der Waals surface area contributed by atoms with Crippen LogP contribution in [-0.4, -0.2) is 25.4 Å². The van der Waals surface area contributed by atoms with Crippen LogP contribution in [-0.2, 0) is 21.2 Å². The van der Waals surface area contributed by atoms with Gasteiger partial charge in [-0.3, -0.25) is 4.79 Å². The minimum atomic E-state index is -3.66. The Hall–Kier alpha value is -2.71. The first-order chi connectivity index (χ1) is 15.7. The van der Waals surface area contributed by atoms with E-state index in [1.165, 1.54) is 12.1 Å². The maximum Gasteiger partial charge on any atom is 0.240 e. The minimum absolute atomic E-state index is 0.0495. The smallest absolute Gasteiger partial charge is 0.240 e. The van der Waals surface area contributed by atoms with Gasteiger partial charge in [-0.25, -0.2) is 17.5 Å². The van der Waals surface area contributed by atoms with Crippen molar-refractivity contribution in [1.29, 1.82) is 0 Å². The Morgan fingerprint density at radius 1 is 1.12 bits per heavy atom. The molecule has 33 heavy (non-hydrogen) atoms. The standard InChI is InChI=1S/C25H29FN3O3S/c1-3-21-14-19-8-13-23(15-24(19)28-21)33(31,32)29-22-11-6-18(7-12-22)25(30)27-16(2)17-4-9-20(26)10-5-17/h4-5,8-10,13-16,18,22,28-29H,1,3,6-7,11-12H2,2H3,(H,27,30)/t16-,18-,22-/m1/s1.